The van der Waals surface area contributed by atoms with Gasteiger partial charge in [-0.15, -0.1) is 12.8 Å². The van der Waals surface area contributed by atoms with E-state index in [1.54, 1.807) is 0 Å². The van der Waals surface area contributed by atoms with Gasteiger partial charge in [-0.1, -0.05) is 12.8 Å². The first-order valence-electron chi connectivity index (χ1n) is 4.43. The van der Waals surface area contributed by atoms with Crippen molar-refractivity contribution in [3.63, 3.8) is 0 Å². The van der Waals surface area contributed by atoms with Gasteiger partial charge >= 0.3 is 19.5 Å². The Bertz CT molecular complexity index is 187. The van der Waals surface area contributed by atoms with Crippen LogP contribution >= 0.6 is 0 Å². The molecule has 70 valence electrons. The van der Waals surface area contributed by atoms with Crippen LogP contribution in [0, 0.1) is 12.2 Å². The normalized spacial score (nSPS) is 17.2. The molecule has 0 nitrogen and oxygen atoms in total. The summed E-state index contributed by atoms with van der Waals surface area (Å²) in [6.07, 6.45) is 23.0. The van der Waals surface area contributed by atoms with E-state index in [1.807, 2.05) is 18.2 Å². The van der Waals surface area contributed by atoms with E-state index in [1.165, 1.54) is 12.8 Å². The van der Waals surface area contributed by atoms with Crippen molar-refractivity contribution in [1.29, 1.82) is 0 Å². The second-order valence-electron chi connectivity index (χ2n) is 2.69. The van der Waals surface area contributed by atoms with E-state index in [0.29, 0.717) is 0 Å². The SMILES string of the molecule is [C-]1=CC=CC1.[C-]1=CC=CCCC1.[Ru+2]. The van der Waals surface area contributed by atoms with Gasteiger partial charge in [0.1, 0.15) is 0 Å². The standard InChI is InChI=1S/C7H9.C5H5.Ru/c1-2-4-6-7-5-3-1;1-2-4-5-3-1;/h1-3H,4,6-7H2;1-3H,4H2;/q2*-1;+2. The molecule has 2 aliphatic carbocycles. The number of hydrogen-bond donors (Lipinski definition) is 0. The van der Waals surface area contributed by atoms with Crippen LogP contribution in [0.4, 0.5) is 0 Å². The minimum Gasteiger partial charge on any atom is -0.275 e. The minimum atomic E-state index is 0. The maximum absolute atomic E-state index is 3.14. The van der Waals surface area contributed by atoms with E-state index in [0.717, 1.165) is 12.8 Å². The summed E-state index contributed by atoms with van der Waals surface area (Å²) in [6.45, 7) is 0. The smallest absolute Gasteiger partial charge is 0.275 e. The second kappa shape index (κ2) is 9.67. The van der Waals surface area contributed by atoms with Crippen LogP contribution in [-0.2, 0) is 19.5 Å². The van der Waals surface area contributed by atoms with Crippen LogP contribution in [0.15, 0.2) is 36.5 Å². The van der Waals surface area contributed by atoms with E-state index in [-0.39, 0.29) is 19.5 Å². The van der Waals surface area contributed by atoms with E-state index in [4.69, 9.17) is 0 Å². The third-order valence-electron chi connectivity index (χ3n) is 1.63. The molecule has 2 aliphatic rings. The number of hydrogen-bond acceptors (Lipinski definition) is 0. The van der Waals surface area contributed by atoms with Crippen molar-refractivity contribution in [3.05, 3.63) is 48.6 Å². The summed E-state index contributed by atoms with van der Waals surface area (Å²) in [7, 11) is 0. The molecule has 0 bridgehead atoms. The van der Waals surface area contributed by atoms with E-state index in [9.17, 15) is 0 Å². The molecule has 13 heavy (non-hydrogen) atoms. The molecule has 0 saturated heterocycles. The molecule has 0 heterocycles. The van der Waals surface area contributed by atoms with Crippen molar-refractivity contribution in [3.8, 4) is 0 Å². The summed E-state index contributed by atoms with van der Waals surface area (Å²) in [5.74, 6) is 0. The Balaban J connectivity index is 0.000000215. The van der Waals surface area contributed by atoms with Gasteiger partial charge in [0.05, 0.1) is 0 Å². The molecule has 0 saturated carbocycles. The van der Waals surface area contributed by atoms with Gasteiger partial charge in [-0.2, -0.15) is 12.2 Å². The van der Waals surface area contributed by atoms with Gasteiger partial charge in [-0.3, -0.25) is 12.2 Å². The van der Waals surface area contributed by atoms with E-state index in [2.05, 4.69) is 30.4 Å². The number of rotatable bonds is 0. The molecule has 0 spiro atoms. The third kappa shape index (κ3) is 7.93. The van der Waals surface area contributed by atoms with Crippen LogP contribution in [0.3, 0.4) is 0 Å². The van der Waals surface area contributed by atoms with Gasteiger partial charge in [0.15, 0.2) is 0 Å². The van der Waals surface area contributed by atoms with Gasteiger partial charge < -0.3 is 0 Å². The summed E-state index contributed by atoms with van der Waals surface area (Å²) in [5, 5.41) is 0. The van der Waals surface area contributed by atoms with Crippen molar-refractivity contribution in [2.75, 3.05) is 0 Å². The van der Waals surface area contributed by atoms with Gasteiger partial charge in [-0.05, 0) is 0 Å². The van der Waals surface area contributed by atoms with Gasteiger partial charge in [0, 0.05) is 0 Å². The topological polar surface area (TPSA) is 0 Å². The Morgan fingerprint density at radius 1 is 0.923 bits per heavy atom. The summed E-state index contributed by atoms with van der Waals surface area (Å²) < 4.78 is 0. The predicted molar refractivity (Wildman–Crippen MR) is 52.4 cm³/mol. The molecule has 0 fully saturated rings. The Morgan fingerprint density at radius 2 is 1.69 bits per heavy atom. The fourth-order valence-electron chi connectivity index (χ4n) is 0.978. The summed E-state index contributed by atoms with van der Waals surface area (Å²) >= 11 is 0. The largest absolute Gasteiger partial charge is 2.00 e. The summed E-state index contributed by atoms with van der Waals surface area (Å²) in [6, 6.07) is 0. The van der Waals surface area contributed by atoms with Gasteiger partial charge in [0.25, 0.3) is 0 Å². The average molecular weight is 259 g/mol. The van der Waals surface area contributed by atoms with Crippen LogP contribution in [0.2, 0.25) is 0 Å². The molecule has 2 rings (SSSR count). The molecule has 0 radical (unpaired) electrons. The first-order chi connectivity index (χ1) is 6.00. The van der Waals surface area contributed by atoms with Crippen molar-refractivity contribution in [2.24, 2.45) is 0 Å². The average Bonchev–Trinajstić information content (AvgIpc) is 2.54. The third-order valence-corrected chi connectivity index (χ3v) is 1.63. The van der Waals surface area contributed by atoms with Crippen LogP contribution in [-0.4, -0.2) is 0 Å². The predicted octanol–water partition coefficient (Wildman–Crippen LogP) is 3.39. The second-order valence-corrected chi connectivity index (χ2v) is 2.69. The molecule has 0 atom stereocenters. The van der Waals surface area contributed by atoms with Gasteiger partial charge in [-0.25, -0.2) is 24.3 Å². The Labute approximate surface area is 93.9 Å². The van der Waals surface area contributed by atoms with Crippen molar-refractivity contribution >= 4 is 0 Å². The molecule has 0 aromatic rings. The monoisotopic (exact) mass is 260 g/mol. The Kier molecular flexibility index (Phi) is 9.36. The maximum Gasteiger partial charge on any atom is 2.00 e. The van der Waals surface area contributed by atoms with Crippen LogP contribution in [0.5, 0.6) is 0 Å². The van der Waals surface area contributed by atoms with Crippen LogP contribution in [0.25, 0.3) is 0 Å². The zero-order valence-corrected chi connectivity index (χ0v) is 9.38. The van der Waals surface area contributed by atoms with Crippen molar-refractivity contribution in [2.45, 2.75) is 25.7 Å². The molecular weight excluding hydrogens is 245 g/mol. The van der Waals surface area contributed by atoms with Crippen LogP contribution < -0.4 is 0 Å². The van der Waals surface area contributed by atoms with Gasteiger partial charge in [0.2, 0.25) is 0 Å². The molecule has 0 aliphatic heterocycles. The summed E-state index contributed by atoms with van der Waals surface area (Å²) in [4.78, 5) is 0. The zero-order chi connectivity index (χ0) is 8.49. The van der Waals surface area contributed by atoms with Crippen molar-refractivity contribution in [1.82, 2.24) is 0 Å². The fourth-order valence-corrected chi connectivity index (χ4v) is 0.978. The first-order valence-corrected chi connectivity index (χ1v) is 4.43. The first kappa shape index (κ1) is 12.6. The summed E-state index contributed by atoms with van der Waals surface area (Å²) in [5.41, 5.74) is 0. The molecule has 1 heteroatoms. The fraction of sp³-hybridized carbons (Fsp3) is 0.333. The molecule has 0 amide bonds. The molecule has 0 unspecified atom stereocenters. The van der Waals surface area contributed by atoms with Crippen molar-refractivity contribution < 1.29 is 19.5 Å². The number of allylic oxidation sites excluding steroid dienone is 8. The minimum absolute atomic E-state index is 0. The van der Waals surface area contributed by atoms with E-state index >= 15 is 0 Å². The van der Waals surface area contributed by atoms with E-state index < -0.39 is 0 Å². The van der Waals surface area contributed by atoms with Crippen LogP contribution in [0.1, 0.15) is 25.7 Å². The maximum atomic E-state index is 3.14. The molecule has 0 N–H and O–H groups in total. The molecule has 0 aromatic carbocycles. The Morgan fingerprint density at radius 3 is 2.31 bits per heavy atom. The Hall–Kier alpha value is -0.417. The molecular formula is C12H14Ru. The zero-order valence-electron chi connectivity index (χ0n) is 7.65. The quantitative estimate of drug-likeness (QED) is 0.462. The molecule has 0 aromatic heterocycles.